The highest BCUT2D eigenvalue weighted by atomic mass is 32.1. The number of fused-ring (bicyclic) bond motifs is 1. The van der Waals surface area contributed by atoms with Gasteiger partial charge in [-0.2, -0.15) is 4.52 Å². The summed E-state index contributed by atoms with van der Waals surface area (Å²) in [4.78, 5) is 30.9. The predicted octanol–water partition coefficient (Wildman–Crippen LogP) is 2.32. The zero-order chi connectivity index (χ0) is 18.7. The molecule has 0 radical (unpaired) electrons. The monoisotopic (exact) mass is 375 g/mol. The first-order valence-electron chi connectivity index (χ1n) is 8.12. The molecular formula is C17H18FN5O2S. The molecule has 0 saturated heterocycles. The summed E-state index contributed by atoms with van der Waals surface area (Å²) in [6.45, 7) is 2.06. The van der Waals surface area contributed by atoms with E-state index in [0.29, 0.717) is 15.8 Å². The van der Waals surface area contributed by atoms with Gasteiger partial charge in [-0.25, -0.2) is 9.37 Å². The van der Waals surface area contributed by atoms with Crippen molar-refractivity contribution >= 4 is 33.0 Å². The van der Waals surface area contributed by atoms with Crippen molar-refractivity contribution in [1.82, 2.24) is 14.6 Å². The number of carbonyl (C=O) groups excluding carboxylic acids is 1. The van der Waals surface area contributed by atoms with Crippen molar-refractivity contribution in [2.75, 3.05) is 23.8 Å². The molecule has 1 amide bonds. The van der Waals surface area contributed by atoms with E-state index in [1.807, 2.05) is 6.92 Å². The predicted molar refractivity (Wildman–Crippen MR) is 99.4 cm³/mol. The number of anilines is 2. The summed E-state index contributed by atoms with van der Waals surface area (Å²) in [5, 5.41) is 7.44. The molecule has 3 aromatic rings. The van der Waals surface area contributed by atoms with E-state index in [1.54, 1.807) is 11.9 Å². The number of hydrogen-bond donors (Lipinski definition) is 1. The molecule has 0 fully saturated rings. The van der Waals surface area contributed by atoms with E-state index in [1.165, 1.54) is 46.2 Å². The summed E-state index contributed by atoms with van der Waals surface area (Å²) in [6.07, 6.45) is 1.63. The van der Waals surface area contributed by atoms with Crippen LogP contribution in [0, 0.1) is 5.82 Å². The Bertz CT molecular complexity index is 983. The van der Waals surface area contributed by atoms with Gasteiger partial charge in [0.1, 0.15) is 5.82 Å². The van der Waals surface area contributed by atoms with Gasteiger partial charge in [0.15, 0.2) is 0 Å². The third-order valence-corrected chi connectivity index (χ3v) is 4.65. The van der Waals surface area contributed by atoms with E-state index >= 15 is 0 Å². The van der Waals surface area contributed by atoms with E-state index < -0.39 is 0 Å². The van der Waals surface area contributed by atoms with Gasteiger partial charge in [-0.05, 0) is 30.7 Å². The van der Waals surface area contributed by atoms with Crippen LogP contribution in [0.2, 0.25) is 0 Å². The summed E-state index contributed by atoms with van der Waals surface area (Å²) in [6, 6.07) is 7.02. The minimum Gasteiger partial charge on any atom is -0.340 e. The molecule has 2 heterocycles. The summed E-state index contributed by atoms with van der Waals surface area (Å²) >= 11 is 1.25. The lowest BCUT2D eigenvalue weighted by Gasteiger charge is -2.14. The zero-order valence-corrected chi connectivity index (χ0v) is 15.2. The molecular weight excluding hydrogens is 357 g/mol. The molecule has 1 aromatic carbocycles. The zero-order valence-electron chi connectivity index (χ0n) is 14.4. The Hall–Kier alpha value is -2.81. The fourth-order valence-corrected chi connectivity index (χ4v) is 3.29. The highest BCUT2D eigenvalue weighted by Crippen LogP contribution is 2.20. The second-order valence-corrected chi connectivity index (χ2v) is 6.76. The Labute approximate surface area is 153 Å². The number of halogens is 1. The minimum absolute atomic E-state index is 0.0355. The maximum absolute atomic E-state index is 12.9. The van der Waals surface area contributed by atoms with Crippen LogP contribution in [0.1, 0.15) is 19.0 Å². The van der Waals surface area contributed by atoms with Crippen LogP contribution in [0.5, 0.6) is 0 Å². The van der Waals surface area contributed by atoms with E-state index in [-0.39, 0.29) is 23.8 Å². The third-order valence-electron chi connectivity index (χ3n) is 3.63. The molecule has 2 aromatic heterocycles. The first kappa shape index (κ1) is 18.0. The summed E-state index contributed by atoms with van der Waals surface area (Å²) in [5.74, 6) is -0.639. The molecule has 0 atom stereocenters. The van der Waals surface area contributed by atoms with Gasteiger partial charge in [0.25, 0.3) is 5.56 Å². The van der Waals surface area contributed by atoms with Crippen molar-refractivity contribution in [2.24, 2.45) is 0 Å². The van der Waals surface area contributed by atoms with E-state index in [2.05, 4.69) is 15.4 Å². The molecule has 0 aliphatic rings. The minimum atomic E-state index is -0.366. The molecule has 0 unspecified atom stereocenters. The largest absolute Gasteiger partial charge is 0.340 e. The maximum atomic E-state index is 12.9. The van der Waals surface area contributed by atoms with Crippen LogP contribution >= 0.6 is 11.3 Å². The second-order valence-electron chi connectivity index (χ2n) is 5.83. The number of rotatable bonds is 6. The van der Waals surface area contributed by atoms with Crippen molar-refractivity contribution < 1.29 is 9.18 Å². The second kappa shape index (κ2) is 7.61. The van der Waals surface area contributed by atoms with E-state index in [0.717, 1.165) is 18.5 Å². The number of hydrogen-bond acceptors (Lipinski definition) is 6. The van der Waals surface area contributed by atoms with Gasteiger partial charge in [0.05, 0.1) is 6.54 Å². The molecule has 26 heavy (non-hydrogen) atoms. The smallest absolute Gasteiger partial charge is 0.275 e. The highest BCUT2D eigenvalue weighted by Gasteiger charge is 2.14. The molecule has 0 aliphatic heterocycles. The SMILES string of the molecule is CCCc1cc(=O)n2nc(N(C)CC(=O)Nc3ccc(F)cc3)sc2n1. The fourth-order valence-electron chi connectivity index (χ4n) is 2.40. The lowest BCUT2D eigenvalue weighted by Crippen LogP contribution is -2.30. The van der Waals surface area contributed by atoms with Crippen LogP contribution in [-0.4, -0.2) is 34.1 Å². The van der Waals surface area contributed by atoms with Crippen molar-refractivity contribution in [3.8, 4) is 0 Å². The normalized spacial score (nSPS) is 10.9. The molecule has 1 N–H and O–H groups in total. The lowest BCUT2D eigenvalue weighted by molar-refractivity contribution is -0.114. The Kier molecular flexibility index (Phi) is 5.27. The van der Waals surface area contributed by atoms with Crippen LogP contribution in [0.25, 0.3) is 4.96 Å². The van der Waals surface area contributed by atoms with Crippen LogP contribution in [-0.2, 0) is 11.2 Å². The Morgan fingerprint density at radius 1 is 1.35 bits per heavy atom. The Morgan fingerprint density at radius 3 is 2.77 bits per heavy atom. The number of nitrogens with zero attached hydrogens (tertiary/aromatic N) is 4. The van der Waals surface area contributed by atoms with Crippen molar-refractivity contribution in [3.63, 3.8) is 0 Å². The molecule has 7 nitrogen and oxygen atoms in total. The molecule has 3 rings (SSSR count). The number of aromatic nitrogens is 3. The number of likely N-dealkylation sites (N-methyl/N-ethyl adjacent to an activating group) is 1. The van der Waals surface area contributed by atoms with E-state index in [9.17, 15) is 14.0 Å². The van der Waals surface area contributed by atoms with Crippen molar-refractivity contribution in [1.29, 1.82) is 0 Å². The summed E-state index contributed by atoms with van der Waals surface area (Å²) in [7, 11) is 1.71. The standard InChI is InChI=1S/C17H18FN5O2S/c1-3-4-13-9-15(25)23-16(20-13)26-17(21-23)22(2)10-14(24)19-12-7-5-11(18)6-8-12/h5-9H,3-4,10H2,1-2H3,(H,19,24). The first-order valence-corrected chi connectivity index (χ1v) is 8.94. The fraction of sp³-hybridized carbons (Fsp3) is 0.294. The number of aryl methyl sites for hydroxylation is 1. The van der Waals surface area contributed by atoms with Gasteiger partial charge < -0.3 is 10.2 Å². The van der Waals surface area contributed by atoms with Crippen LogP contribution in [0.3, 0.4) is 0 Å². The van der Waals surface area contributed by atoms with Crippen molar-refractivity contribution in [3.05, 3.63) is 52.2 Å². The summed E-state index contributed by atoms with van der Waals surface area (Å²) < 4.78 is 14.1. The maximum Gasteiger partial charge on any atom is 0.275 e. The van der Waals surface area contributed by atoms with Gasteiger partial charge in [0.2, 0.25) is 16.0 Å². The topological polar surface area (TPSA) is 79.6 Å². The molecule has 0 aliphatic carbocycles. The third kappa shape index (κ3) is 4.05. The number of benzene rings is 1. The van der Waals surface area contributed by atoms with Crippen LogP contribution < -0.4 is 15.8 Å². The first-order chi connectivity index (χ1) is 12.5. The van der Waals surface area contributed by atoms with E-state index in [4.69, 9.17) is 0 Å². The Balaban J connectivity index is 1.73. The number of nitrogens with one attached hydrogen (secondary N) is 1. The summed E-state index contributed by atoms with van der Waals surface area (Å²) in [5.41, 5.74) is 1.02. The highest BCUT2D eigenvalue weighted by molar-refractivity contribution is 7.20. The van der Waals surface area contributed by atoms with Gasteiger partial charge in [-0.15, -0.1) is 5.10 Å². The molecule has 0 saturated carbocycles. The molecule has 0 spiro atoms. The van der Waals surface area contributed by atoms with Gasteiger partial charge in [0, 0.05) is 24.5 Å². The quantitative estimate of drug-likeness (QED) is 0.715. The van der Waals surface area contributed by atoms with Crippen LogP contribution in [0.4, 0.5) is 15.2 Å². The molecule has 0 bridgehead atoms. The van der Waals surface area contributed by atoms with Crippen LogP contribution in [0.15, 0.2) is 35.1 Å². The number of carbonyl (C=O) groups is 1. The van der Waals surface area contributed by atoms with Gasteiger partial charge in [-0.3, -0.25) is 9.59 Å². The lowest BCUT2D eigenvalue weighted by atomic mass is 10.2. The Morgan fingerprint density at radius 2 is 2.08 bits per heavy atom. The van der Waals surface area contributed by atoms with Gasteiger partial charge >= 0.3 is 0 Å². The average molecular weight is 375 g/mol. The molecule has 136 valence electrons. The average Bonchev–Trinajstić information content (AvgIpc) is 3.02. The molecule has 9 heteroatoms. The number of amides is 1. The van der Waals surface area contributed by atoms with Crippen molar-refractivity contribution in [2.45, 2.75) is 19.8 Å². The van der Waals surface area contributed by atoms with Gasteiger partial charge in [-0.1, -0.05) is 24.7 Å².